The number of Topliss-reactive ketones (excluding diaryl/α,β-unsaturated/α-hetero) is 1. The number of likely N-dealkylation sites (tertiary alicyclic amines) is 1. The molecule has 172 valence electrons. The fourth-order valence-electron chi connectivity index (χ4n) is 3.67. The fraction of sp³-hybridized carbons (Fsp3) is 0.455. The molecule has 0 aromatic heterocycles. The van der Waals surface area contributed by atoms with Gasteiger partial charge in [-0.2, -0.15) is 0 Å². The highest BCUT2D eigenvalue weighted by Gasteiger charge is 2.29. The number of esters is 1. The van der Waals surface area contributed by atoms with Crippen molar-refractivity contribution in [2.24, 2.45) is 5.92 Å². The lowest BCUT2D eigenvalue weighted by molar-refractivity contribution is -0.145. The van der Waals surface area contributed by atoms with Crippen LogP contribution >= 0.6 is 35.0 Å². The smallest absolute Gasteiger partial charge is 0.328 e. The molecule has 0 bridgehead atoms. The van der Waals surface area contributed by atoms with Gasteiger partial charge in [-0.15, -0.1) is 11.8 Å². The number of fused-ring (bicyclic) bond motifs is 1. The van der Waals surface area contributed by atoms with E-state index in [-0.39, 0.29) is 23.5 Å². The molecule has 10 heteroatoms. The van der Waals surface area contributed by atoms with Crippen LogP contribution in [0.25, 0.3) is 6.08 Å². The molecule has 3 rings (SSSR count). The van der Waals surface area contributed by atoms with E-state index >= 15 is 0 Å². The Hall–Kier alpha value is -2.03. The molecule has 32 heavy (non-hydrogen) atoms. The zero-order chi connectivity index (χ0) is 23.4. The van der Waals surface area contributed by atoms with E-state index in [4.69, 9.17) is 23.2 Å². The van der Waals surface area contributed by atoms with Gasteiger partial charge < -0.3 is 15.0 Å². The third-order valence-electron chi connectivity index (χ3n) is 5.56. The van der Waals surface area contributed by atoms with Gasteiger partial charge in [0.1, 0.15) is 6.04 Å². The minimum atomic E-state index is -0.714. The summed E-state index contributed by atoms with van der Waals surface area (Å²) in [4.78, 5) is 51.0. The second-order valence-electron chi connectivity index (χ2n) is 7.68. The molecule has 0 saturated carbocycles. The van der Waals surface area contributed by atoms with Crippen LogP contribution in [0.5, 0.6) is 0 Å². The number of amides is 2. The van der Waals surface area contributed by atoms with Crippen molar-refractivity contribution in [3.63, 3.8) is 0 Å². The van der Waals surface area contributed by atoms with Crippen LogP contribution in [0.1, 0.15) is 42.1 Å². The Kier molecular flexibility index (Phi) is 8.25. The first kappa shape index (κ1) is 24.6. The molecule has 2 heterocycles. The van der Waals surface area contributed by atoms with Gasteiger partial charge in [0.05, 0.1) is 17.2 Å². The summed E-state index contributed by atoms with van der Waals surface area (Å²) >= 11 is 14.2. The Morgan fingerprint density at radius 1 is 1.25 bits per heavy atom. The van der Waals surface area contributed by atoms with Gasteiger partial charge in [-0.25, -0.2) is 4.79 Å². The zero-order valence-corrected chi connectivity index (χ0v) is 20.1. The van der Waals surface area contributed by atoms with E-state index in [1.807, 2.05) is 0 Å². The predicted molar refractivity (Wildman–Crippen MR) is 124 cm³/mol. The van der Waals surface area contributed by atoms with Gasteiger partial charge >= 0.3 is 5.97 Å². The molecule has 1 fully saturated rings. The maximum atomic E-state index is 12.6. The van der Waals surface area contributed by atoms with Crippen molar-refractivity contribution in [2.45, 2.75) is 37.1 Å². The molecule has 2 aliphatic heterocycles. The van der Waals surface area contributed by atoms with E-state index in [0.717, 1.165) is 0 Å². The van der Waals surface area contributed by atoms with Crippen molar-refractivity contribution in [3.05, 3.63) is 33.3 Å². The summed E-state index contributed by atoms with van der Waals surface area (Å²) in [6, 6.07) is 0.967. The first-order valence-electron chi connectivity index (χ1n) is 10.3. The summed E-state index contributed by atoms with van der Waals surface area (Å²) in [7, 11) is 1.27. The third kappa shape index (κ3) is 5.47. The van der Waals surface area contributed by atoms with E-state index in [1.54, 1.807) is 24.0 Å². The number of nitrogens with zero attached hydrogens (tertiary/aromatic N) is 1. The van der Waals surface area contributed by atoms with Gasteiger partial charge in [-0.3, -0.25) is 14.4 Å². The number of carbonyl (C=O) groups is 4. The number of ketones is 1. The number of nitrogens with one attached hydrogen (secondary N) is 1. The van der Waals surface area contributed by atoms with E-state index in [0.29, 0.717) is 64.2 Å². The molecule has 0 radical (unpaired) electrons. The van der Waals surface area contributed by atoms with E-state index < -0.39 is 12.0 Å². The van der Waals surface area contributed by atoms with Gasteiger partial charge in [-0.05, 0) is 37.5 Å². The van der Waals surface area contributed by atoms with Crippen LogP contribution in [-0.4, -0.2) is 60.5 Å². The lowest BCUT2D eigenvalue weighted by atomic mass is 9.95. The highest BCUT2D eigenvalue weighted by molar-refractivity contribution is 7.99. The first-order chi connectivity index (χ1) is 15.2. The van der Waals surface area contributed by atoms with Gasteiger partial charge in [0.25, 0.3) is 0 Å². The van der Waals surface area contributed by atoms with E-state index in [1.165, 1.54) is 24.9 Å². The second-order valence-corrected chi connectivity index (χ2v) is 9.54. The van der Waals surface area contributed by atoms with Crippen molar-refractivity contribution in [1.29, 1.82) is 0 Å². The average molecular weight is 499 g/mol. The Balaban J connectivity index is 1.60. The molecular weight excluding hydrogens is 475 g/mol. The summed E-state index contributed by atoms with van der Waals surface area (Å²) in [6.07, 6.45) is 4.41. The number of hydrogen-bond acceptors (Lipinski definition) is 6. The zero-order valence-electron chi connectivity index (χ0n) is 17.8. The van der Waals surface area contributed by atoms with Crippen LogP contribution in [0.2, 0.25) is 10.0 Å². The van der Waals surface area contributed by atoms with Gasteiger partial charge in [0.2, 0.25) is 11.8 Å². The van der Waals surface area contributed by atoms with Crippen LogP contribution in [0.15, 0.2) is 17.0 Å². The highest BCUT2D eigenvalue weighted by Crippen LogP contribution is 2.42. The molecular formula is C22H24Cl2N2O5S. The Labute approximate surface area is 200 Å². The summed E-state index contributed by atoms with van der Waals surface area (Å²) < 4.78 is 4.61. The van der Waals surface area contributed by atoms with Crippen LogP contribution < -0.4 is 5.32 Å². The largest absolute Gasteiger partial charge is 0.467 e. The maximum Gasteiger partial charge on any atom is 0.328 e. The molecule has 2 aliphatic rings. The van der Waals surface area contributed by atoms with Gasteiger partial charge in [-0.1, -0.05) is 23.2 Å². The standard InChI is InChI=1S/C22H24Cl2N2O5S/c1-12(22(30)31-2)25-21(29)13-5-8-26(9-6-13)17(28)4-3-14-11-15-16(27)7-10-32-20(15)19(24)18(14)23/h3-4,11-13H,5-10H2,1-2H3,(H,25,29). The van der Waals surface area contributed by atoms with Crippen LogP contribution in [-0.2, 0) is 19.1 Å². The molecule has 1 saturated heterocycles. The van der Waals surface area contributed by atoms with Crippen LogP contribution in [0, 0.1) is 5.92 Å². The SMILES string of the molecule is COC(=O)C(C)NC(=O)C1CCN(C(=O)C=Cc2cc3c(c(Cl)c2Cl)SCCC3=O)CC1. The number of ether oxygens (including phenoxy) is 1. The van der Waals surface area contributed by atoms with Crippen molar-refractivity contribution < 1.29 is 23.9 Å². The summed E-state index contributed by atoms with van der Waals surface area (Å²) in [5, 5.41) is 3.29. The number of carbonyl (C=O) groups excluding carboxylic acids is 4. The fourth-order valence-corrected chi connectivity index (χ4v) is 5.37. The molecule has 1 aromatic carbocycles. The summed E-state index contributed by atoms with van der Waals surface area (Å²) in [6.45, 7) is 2.40. The number of thioether (sulfide) groups is 1. The summed E-state index contributed by atoms with van der Waals surface area (Å²) in [5.41, 5.74) is 1.06. The molecule has 1 atom stereocenters. The Morgan fingerprint density at radius 2 is 1.94 bits per heavy atom. The van der Waals surface area contributed by atoms with Crippen LogP contribution in [0.4, 0.5) is 0 Å². The monoisotopic (exact) mass is 498 g/mol. The Bertz CT molecular complexity index is 974. The number of halogens is 2. The number of rotatable bonds is 5. The number of benzene rings is 1. The second kappa shape index (κ2) is 10.7. The van der Waals surface area contributed by atoms with Crippen LogP contribution in [0.3, 0.4) is 0 Å². The molecule has 7 nitrogen and oxygen atoms in total. The lowest BCUT2D eigenvalue weighted by Gasteiger charge is -2.31. The normalized spacial score (nSPS) is 17.8. The highest BCUT2D eigenvalue weighted by atomic mass is 35.5. The van der Waals surface area contributed by atoms with E-state index in [9.17, 15) is 19.2 Å². The predicted octanol–water partition coefficient (Wildman–Crippen LogP) is 3.60. The maximum absolute atomic E-state index is 12.6. The van der Waals surface area contributed by atoms with Crippen molar-refractivity contribution in [2.75, 3.05) is 26.0 Å². The van der Waals surface area contributed by atoms with Gasteiger partial charge in [0.15, 0.2) is 5.78 Å². The quantitative estimate of drug-likeness (QED) is 0.492. The van der Waals surface area contributed by atoms with E-state index in [2.05, 4.69) is 10.1 Å². The molecule has 1 aromatic rings. The number of hydrogen-bond donors (Lipinski definition) is 1. The molecule has 1 unspecified atom stereocenters. The number of piperidine rings is 1. The number of methoxy groups -OCH3 is 1. The Morgan fingerprint density at radius 3 is 2.59 bits per heavy atom. The average Bonchev–Trinajstić information content (AvgIpc) is 2.80. The molecule has 1 N–H and O–H groups in total. The molecule has 0 aliphatic carbocycles. The van der Waals surface area contributed by atoms with Crippen molar-refractivity contribution in [1.82, 2.24) is 10.2 Å². The van der Waals surface area contributed by atoms with Gasteiger partial charge in [0, 0.05) is 47.7 Å². The first-order valence-corrected chi connectivity index (χ1v) is 12.0. The minimum absolute atomic E-state index is 0.0140. The summed E-state index contributed by atoms with van der Waals surface area (Å²) in [5.74, 6) is -0.517. The third-order valence-corrected chi connectivity index (χ3v) is 7.68. The molecule has 0 spiro atoms. The van der Waals surface area contributed by atoms with Crippen molar-refractivity contribution in [3.8, 4) is 0 Å². The lowest BCUT2D eigenvalue weighted by Crippen LogP contribution is -2.46. The van der Waals surface area contributed by atoms with Crippen molar-refractivity contribution >= 4 is 64.6 Å². The molecule has 2 amide bonds. The minimum Gasteiger partial charge on any atom is -0.467 e. The topological polar surface area (TPSA) is 92.8 Å².